The quantitative estimate of drug-likeness (QED) is 0.0644. The second-order valence-corrected chi connectivity index (χ2v) is 24.2. The van der Waals surface area contributed by atoms with Gasteiger partial charge in [0.25, 0.3) is 0 Å². The van der Waals surface area contributed by atoms with Gasteiger partial charge in [-0.15, -0.1) is 0 Å². The molecule has 0 fully saturated rings. The van der Waals surface area contributed by atoms with Crippen molar-refractivity contribution in [3.8, 4) is 0 Å². The van der Waals surface area contributed by atoms with E-state index in [-0.39, 0.29) is 52.6 Å². The molecule has 21 nitrogen and oxygen atoms in total. The van der Waals surface area contributed by atoms with E-state index in [9.17, 15) is 57.6 Å². The van der Waals surface area contributed by atoms with Crippen LogP contribution in [0, 0.1) is 0 Å². The van der Waals surface area contributed by atoms with Gasteiger partial charge < -0.3 is 53.2 Å². The lowest BCUT2D eigenvalue weighted by Gasteiger charge is -2.32. The number of carbonyl (C=O) groups is 5. The van der Waals surface area contributed by atoms with Crippen molar-refractivity contribution in [3.63, 3.8) is 0 Å². The summed E-state index contributed by atoms with van der Waals surface area (Å²) >= 11 is 0. The first-order chi connectivity index (χ1) is 24.4. The molecule has 0 radical (unpaired) electrons. The van der Waals surface area contributed by atoms with Crippen LogP contribution >= 0.6 is 29.5 Å². The highest BCUT2D eigenvalue weighted by Crippen LogP contribution is 2.69. The molecular weight excluding hydrogens is 786 g/mol. The fourth-order valence-electron chi connectivity index (χ4n) is 5.01. The molecule has 0 rings (SSSR count). The molecule has 5 N–H and O–H groups in total. The largest absolute Gasteiger partial charge is 0.480 e. The van der Waals surface area contributed by atoms with Gasteiger partial charge >= 0.3 is 33.1 Å². The number of hydrogen-bond acceptors (Lipinski definition) is 16. The van der Waals surface area contributed by atoms with E-state index in [2.05, 4.69) is 10.6 Å². The summed E-state index contributed by atoms with van der Waals surface area (Å²) in [4.78, 5) is 64.9. The lowest BCUT2D eigenvalue weighted by Crippen LogP contribution is -2.48. The Labute approximate surface area is 310 Å². The Morgan fingerprint density at radius 1 is 0.491 bits per heavy atom. The number of carbonyl (C=O) groups excluding carboxylic acids is 2. The van der Waals surface area contributed by atoms with Gasteiger partial charge in [0, 0.05) is 26.2 Å². The predicted molar refractivity (Wildman–Crippen MR) is 197 cm³/mol. The molecule has 0 aliphatic carbocycles. The zero-order chi connectivity index (χ0) is 41.2. The first-order valence-corrected chi connectivity index (χ1v) is 25.2. The van der Waals surface area contributed by atoms with Gasteiger partial charge in [-0.05, 0) is 54.4 Å². The van der Waals surface area contributed by atoms with E-state index in [0.717, 1.165) is 4.90 Å². The Hall–Kier alpha value is -2.01. The number of hydrogen-bond donors (Lipinski definition) is 5. The first kappa shape index (κ1) is 51.0. The minimum atomic E-state index is -4.40. The van der Waals surface area contributed by atoms with E-state index < -0.39 is 103 Å². The average Bonchev–Trinajstić information content (AvgIpc) is 2.98. The van der Waals surface area contributed by atoms with Gasteiger partial charge in [0.05, 0.1) is 59.2 Å². The zero-order valence-corrected chi connectivity index (χ0v) is 35.2. The number of nitrogens with one attached hydrogen (secondary N) is 2. The van der Waals surface area contributed by atoms with Crippen molar-refractivity contribution >= 4 is 59.2 Å². The maximum Gasteiger partial charge on any atom is 0.365 e. The molecule has 0 aromatic carbocycles. The third-order valence-electron chi connectivity index (χ3n) is 6.87. The van der Waals surface area contributed by atoms with Crippen LogP contribution in [0.4, 0.5) is 0 Å². The number of carboxylic acids is 3. The van der Waals surface area contributed by atoms with Crippen LogP contribution in [0.5, 0.6) is 0 Å². The zero-order valence-electron chi connectivity index (χ0n) is 31.6. The monoisotopic (exact) mass is 843 g/mol. The van der Waals surface area contributed by atoms with Gasteiger partial charge in [-0.2, -0.15) is 0 Å². The standard InChI is InChI=1S/C28H57N5O16P4/c1-9-46-52(44,47-10-2)28(53(45,48-11-3)49-12-4)30-23(35)18-33(21-26(40)41)16-14-31(19-24(36)37)13-15-32(20-25(38)39)17-22(34)29-27(50(5,6)42)51(7,8)43/h27-28H,9-21H2,1-8H3,(H,29,34)(H,30,35)(H,36,37)(H,38,39)(H,40,41). The summed E-state index contributed by atoms with van der Waals surface area (Å²) in [6.07, 6.45) is 0. The number of rotatable bonds is 30. The Bertz CT molecular complexity index is 1350. The van der Waals surface area contributed by atoms with Crippen LogP contribution in [0.2, 0.25) is 0 Å². The molecule has 53 heavy (non-hydrogen) atoms. The van der Waals surface area contributed by atoms with Crippen molar-refractivity contribution in [2.45, 2.75) is 38.7 Å². The molecule has 0 saturated heterocycles. The van der Waals surface area contributed by atoms with E-state index >= 15 is 0 Å². The second kappa shape index (κ2) is 23.8. The Morgan fingerprint density at radius 2 is 0.755 bits per heavy atom. The van der Waals surface area contributed by atoms with E-state index in [1.165, 1.54) is 64.2 Å². The van der Waals surface area contributed by atoms with E-state index in [0.29, 0.717) is 0 Å². The summed E-state index contributed by atoms with van der Waals surface area (Å²) in [6, 6.07) is 0. The highest BCUT2D eigenvalue weighted by atomic mass is 31.2. The lowest BCUT2D eigenvalue weighted by atomic mass is 10.3. The minimum absolute atomic E-state index is 0.136. The smallest absolute Gasteiger partial charge is 0.365 e. The van der Waals surface area contributed by atoms with Crippen LogP contribution in [0.15, 0.2) is 0 Å². The Kier molecular flexibility index (Phi) is 22.9. The van der Waals surface area contributed by atoms with Gasteiger partial charge in [-0.3, -0.25) is 47.8 Å². The maximum absolute atomic E-state index is 13.8. The van der Waals surface area contributed by atoms with Crippen LogP contribution in [-0.2, 0) is 60.3 Å². The van der Waals surface area contributed by atoms with Crippen molar-refractivity contribution in [1.82, 2.24) is 25.3 Å². The van der Waals surface area contributed by atoms with Gasteiger partial charge in [0.15, 0.2) is 0 Å². The Balaban J connectivity index is 6.14. The fraction of sp³-hybridized carbons (Fsp3) is 0.821. The lowest BCUT2D eigenvalue weighted by molar-refractivity contribution is -0.141. The maximum atomic E-state index is 13.8. The molecule has 0 heterocycles. The first-order valence-electron chi connectivity index (χ1n) is 16.6. The number of nitrogens with zero attached hydrogens (tertiary/aromatic N) is 3. The van der Waals surface area contributed by atoms with E-state index in [1.54, 1.807) is 0 Å². The average molecular weight is 844 g/mol. The topological polar surface area (TPSA) is 285 Å². The fourth-order valence-corrected chi connectivity index (χ4v) is 16.2. The molecule has 0 spiro atoms. The van der Waals surface area contributed by atoms with Gasteiger partial charge in [-0.1, -0.05) is 0 Å². The minimum Gasteiger partial charge on any atom is -0.480 e. The highest BCUT2D eigenvalue weighted by Gasteiger charge is 2.52. The molecule has 0 aliphatic heterocycles. The van der Waals surface area contributed by atoms with Gasteiger partial charge in [0.2, 0.25) is 17.3 Å². The Morgan fingerprint density at radius 3 is 1.02 bits per heavy atom. The van der Waals surface area contributed by atoms with Crippen molar-refractivity contribution in [3.05, 3.63) is 0 Å². The van der Waals surface area contributed by atoms with Crippen molar-refractivity contribution in [2.75, 3.05) is 112 Å². The van der Waals surface area contributed by atoms with Crippen molar-refractivity contribution < 1.29 is 75.6 Å². The summed E-state index contributed by atoms with van der Waals surface area (Å²) in [7, 11) is -15.0. The third kappa shape index (κ3) is 19.9. The van der Waals surface area contributed by atoms with Crippen molar-refractivity contribution in [2.24, 2.45) is 0 Å². The molecule has 0 bridgehead atoms. The molecule has 0 saturated carbocycles. The third-order valence-corrected chi connectivity index (χ3v) is 18.4. The van der Waals surface area contributed by atoms with E-state index in [4.69, 9.17) is 18.1 Å². The van der Waals surface area contributed by atoms with Crippen molar-refractivity contribution in [1.29, 1.82) is 0 Å². The summed E-state index contributed by atoms with van der Waals surface area (Å²) in [5, 5.41) is 33.3. The summed E-state index contributed by atoms with van der Waals surface area (Å²) in [5.74, 6) is -5.66. The van der Waals surface area contributed by atoms with E-state index in [1.807, 2.05) is 0 Å². The number of carboxylic acid groups (broad SMARTS) is 3. The number of amides is 2. The molecule has 0 aromatic rings. The molecule has 2 amide bonds. The van der Waals surface area contributed by atoms with Gasteiger partial charge in [-0.25, -0.2) is 0 Å². The van der Waals surface area contributed by atoms with Crippen LogP contribution in [-0.4, -0.2) is 183 Å². The molecule has 0 atom stereocenters. The van der Waals surface area contributed by atoms with Crippen LogP contribution in [0.3, 0.4) is 0 Å². The molecule has 0 unspecified atom stereocenters. The second-order valence-electron chi connectivity index (χ2n) is 12.4. The summed E-state index contributed by atoms with van der Waals surface area (Å²) < 4.78 is 74.3. The van der Waals surface area contributed by atoms with Crippen LogP contribution < -0.4 is 10.6 Å². The number of aliphatic carboxylic acids is 3. The predicted octanol–water partition coefficient (Wildman–Crippen LogP) is 1.72. The molecular formula is C28H57N5O16P4. The van der Waals surface area contributed by atoms with Crippen LogP contribution in [0.25, 0.3) is 0 Å². The summed E-state index contributed by atoms with van der Waals surface area (Å²) in [6.45, 7) is 6.94. The summed E-state index contributed by atoms with van der Waals surface area (Å²) in [5.41, 5.74) is -3.06. The van der Waals surface area contributed by atoms with Gasteiger partial charge in [0.1, 0.15) is 19.8 Å². The molecule has 0 aromatic heterocycles. The van der Waals surface area contributed by atoms with Crippen LogP contribution in [0.1, 0.15) is 27.7 Å². The molecule has 0 aliphatic rings. The normalized spacial score (nSPS) is 12.9. The molecule has 310 valence electrons. The molecule has 25 heteroatoms. The highest BCUT2D eigenvalue weighted by molar-refractivity contribution is 7.80. The SMILES string of the molecule is CCOP(=O)(OCC)C(NC(=O)CN(CCN(CCN(CC(=O)O)CC(=O)NC(P(C)(C)=O)P(C)(C)=O)CC(=O)O)CC(=O)O)P(=O)(OCC)OCC.